The number of carbonyl (C=O) groups is 3. The highest BCUT2D eigenvalue weighted by atomic mass is 16.5. The van der Waals surface area contributed by atoms with Gasteiger partial charge < -0.3 is 25.4 Å². The van der Waals surface area contributed by atoms with Crippen molar-refractivity contribution in [3.8, 4) is 5.75 Å². The molecular weight excluding hydrogens is 424 g/mol. The summed E-state index contributed by atoms with van der Waals surface area (Å²) in [4.78, 5) is 39.8. The summed E-state index contributed by atoms with van der Waals surface area (Å²) in [5.41, 5.74) is 0.331. The molecule has 9 heteroatoms. The van der Waals surface area contributed by atoms with Gasteiger partial charge in [-0.3, -0.25) is 14.9 Å². The molecule has 33 heavy (non-hydrogen) atoms. The quantitative estimate of drug-likeness (QED) is 0.504. The number of urea groups is 1. The van der Waals surface area contributed by atoms with Gasteiger partial charge in [0, 0.05) is 12.1 Å². The van der Waals surface area contributed by atoms with Crippen LogP contribution in [0.2, 0.25) is 0 Å². The largest absolute Gasteiger partial charge is 0.497 e. The van der Waals surface area contributed by atoms with Crippen molar-refractivity contribution in [2.24, 2.45) is 0 Å². The second kappa shape index (κ2) is 7.86. The maximum atomic E-state index is 13.1. The van der Waals surface area contributed by atoms with Crippen molar-refractivity contribution >= 4 is 17.8 Å². The Morgan fingerprint density at radius 2 is 1.73 bits per heavy atom. The number of hydrogen-bond donors (Lipinski definition) is 4. The van der Waals surface area contributed by atoms with Crippen LogP contribution in [0.3, 0.4) is 0 Å². The molecule has 0 aliphatic carbocycles. The predicted molar refractivity (Wildman–Crippen MR) is 119 cm³/mol. The summed E-state index contributed by atoms with van der Waals surface area (Å²) in [6.07, 6.45) is 1.19. The molecule has 0 spiro atoms. The summed E-state index contributed by atoms with van der Waals surface area (Å²) in [6, 6.07) is 11.8. The summed E-state index contributed by atoms with van der Waals surface area (Å²) in [7, 11) is 1.54. The number of imide groups is 1. The number of fused-ring (bicyclic) bond motifs is 1. The molecule has 0 bridgehead atoms. The van der Waals surface area contributed by atoms with E-state index in [4.69, 9.17) is 4.74 Å². The molecule has 0 radical (unpaired) electrons. The zero-order valence-electron chi connectivity index (χ0n) is 18.3. The van der Waals surface area contributed by atoms with Crippen molar-refractivity contribution < 1.29 is 24.2 Å². The number of carbonyl (C=O) groups excluding carboxylic acids is 3. The number of aliphatic hydroxyl groups is 1. The highest BCUT2D eigenvalue weighted by Crippen LogP contribution is 2.35. The highest BCUT2D eigenvalue weighted by Gasteiger charge is 2.50. The smallest absolute Gasteiger partial charge is 0.322 e. The molecule has 0 aromatic heterocycles. The predicted octanol–water partition coefficient (Wildman–Crippen LogP) is 0.957. The van der Waals surface area contributed by atoms with Gasteiger partial charge in [-0.05, 0) is 54.8 Å². The van der Waals surface area contributed by atoms with Crippen LogP contribution in [-0.2, 0) is 22.5 Å². The van der Waals surface area contributed by atoms with Gasteiger partial charge in [0.05, 0.1) is 19.3 Å². The number of nitrogens with zero attached hydrogens (tertiary/aromatic N) is 1. The lowest BCUT2D eigenvalue weighted by atomic mass is 9.82. The van der Waals surface area contributed by atoms with Crippen LogP contribution in [-0.4, -0.2) is 54.6 Å². The van der Waals surface area contributed by atoms with Gasteiger partial charge in [-0.2, -0.15) is 0 Å². The number of ether oxygens (including phenoxy) is 1. The van der Waals surface area contributed by atoms with Gasteiger partial charge in [0.15, 0.2) is 5.54 Å². The van der Waals surface area contributed by atoms with E-state index in [2.05, 4.69) is 16.0 Å². The molecule has 0 saturated carbocycles. The molecule has 2 aromatic rings. The van der Waals surface area contributed by atoms with E-state index in [0.29, 0.717) is 36.3 Å². The van der Waals surface area contributed by atoms with Crippen molar-refractivity contribution in [1.29, 1.82) is 0 Å². The first-order valence-corrected chi connectivity index (χ1v) is 11.0. The first-order chi connectivity index (χ1) is 15.8. The molecule has 2 saturated heterocycles. The van der Waals surface area contributed by atoms with Crippen molar-refractivity contribution in [2.75, 3.05) is 26.7 Å². The van der Waals surface area contributed by atoms with Gasteiger partial charge >= 0.3 is 6.03 Å². The fraction of sp³-hybridized carbons (Fsp3) is 0.375. The molecule has 2 aromatic carbocycles. The van der Waals surface area contributed by atoms with Gasteiger partial charge in [-0.15, -0.1) is 0 Å². The Kier molecular flexibility index (Phi) is 5.10. The number of rotatable bonds is 5. The van der Waals surface area contributed by atoms with Crippen molar-refractivity contribution in [3.05, 3.63) is 64.7 Å². The number of hydrogen-bond acceptors (Lipinski definition) is 6. The lowest BCUT2D eigenvalue weighted by Crippen LogP contribution is -2.52. The van der Waals surface area contributed by atoms with E-state index >= 15 is 0 Å². The van der Waals surface area contributed by atoms with E-state index in [1.807, 2.05) is 6.07 Å². The van der Waals surface area contributed by atoms with Crippen LogP contribution < -0.4 is 20.7 Å². The fourth-order valence-corrected chi connectivity index (χ4v) is 4.97. The van der Waals surface area contributed by atoms with E-state index in [1.165, 1.54) is 7.11 Å². The molecule has 5 rings (SSSR count). The Labute approximate surface area is 191 Å². The minimum Gasteiger partial charge on any atom is -0.497 e. The van der Waals surface area contributed by atoms with Crippen LogP contribution in [0.25, 0.3) is 0 Å². The third kappa shape index (κ3) is 3.53. The van der Waals surface area contributed by atoms with Crippen molar-refractivity contribution in [2.45, 2.75) is 30.5 Å². The third-order valence-corrected chi connectivity index (χ3v) is 6.91. The molecule has 4 N–H and O–H groups in total. The van der Waals surface area contributed by atoms with Gasteiger partial charge in [0.1, 0.15) is 5.75 Å². The van der Waals surface area contributed by atoms with Gasteiger partial charge in [0.25, 0.3) is 11.8 Å². The van der Waals surface area contributed by atoms with E-state index < -0.39 is 23.1 Å². The van der Waals surface area contributed by atoms with E-state index in [9.17, 15) is 19.5 Å². The molecule has 1 unspecified atom stereocenters. The minimum atomic E-state index is -1.42. The Hall–Kier alpha value is -3.43. The molecule has 9 nitrogen and oxygen atoms in total. The Morgan fingerprint density at radius 3 is 2.36 bits per heavy atom. The molecule has 3 aliphatic heterocycles. The van der Waals surface area contributed by atoms with E-state index in [0.717, 1.165) is 24.2 Å². The zero-order valence-corrected chi connectivity index (χ0v) is 18.3. The Morgan fingerprint density at radius 1 is 1.03 bits per heavy atom. The van der Waals surface area contributed by atoms with Crippen molar-refractivity contribution in [1.82, 2.24) is 20.9 Å². The number of nitrogens with one attached hydrogen (secondary N) is 3. The average Bonchev–Trinajstić information content (AvgIpc) is 3.29. The second-order valence-electron chi connectivity index (χ2n) is 8.86. The molecule has 172 valence electrons. The highest BCUT2D eigenvalue weighted by molar-refractivity contribution is 6.08. The summed E-state index contributed by atoms with van der Waals surface area (Å²) in [5.74, 6) is -0.156. The number of piperidine rings is 1. The number of amides is 4. The van der Waals surface area contributed by atoms with Crippen molar-refractivity contribution in [3.63, 3.8) is 0 Å². The number of methoxy groups -OCH3 is 1. The molecule has 1 atom stereocenters. The topological polar surface area (TPSA) is 120 Å². The first-order valence-electron chi connectivity index (χ1n) is 11.0. The van der Waals surface area contributed by atoms with Gasteiger partial charge in [-0.25, -0.2) is 4.79 Å². The van der Waals surface area contributed by atoms with Gasteiger partial charge in [-0.1, -0.05) is 30.3 Å². The molecule has 4 amide bonds. The molecule has 3 heterocycles. The van der Waals surface area contributed by atoms with Crippen LogP contribution in [0.1, 0.15) is 39.9 Å². The van der Waals surface area contributed by atoms with Crippen LogP contribution in [0.4, 0.5) is 4.79 Å². The van der Waals surface area contributed by atoms with E-state index in [1.54, 1.807) is 41.3 Å². The van der Waals surface area contributed by atoms with E-state index in [-0.39, 0.29) is 12.5 Å². The SMILES string of the molecule is COc1ccc2c(c1)C(=O)N(CC1(c3ccc(C4(O)CCNCC4)cc3)NC(=O)NC1=O)C2. The average molecular weight is 450 g/mol. The first kappa shape index (κ1) is 21.4. The Balaban J connectivity index is 1.46. The fourth-order valence-electron chi connectivity index (χ4n) is 4.97. The maximum Gasteiger partial charge on any atom is 0.322 e. The lowest BCUT2D eigenvalue weighted by Gasteiger charge is -2.34. The second-order valence-corrected chi connectivity index (χ2v) is 8.86. The summed E-state index contributed by atoms with van der Waals surface area (Å²) in [5, 5.41) is 19.3. The standard InChI is InChI=1S/C24H26N4O5/c1-33-18-7-2-15-13-28(20(29)19(15)12-18)14-24(21(30)26-22(31)27-24)17-5-3-16(4-6-17)23(32)8-10-25-11-9-23/h2-7,12,25,32H,8-11,13-14H2,1H3,(H2,26,27,30,31). The minimum absolute atomic E-state index is 0.0199. The molecular formula is C24H26N4O5. The van der Waals surface area contributed by atoms with Crippen LogP contribution >= 0.6 is 0 Å². The van der Waals surface area contributed by atoms with Crippen LogP contribution in [0.15, 0.2) is 42.5 Å². The van der Waals surface area contributed by atoms with Crippen LogP contribution in [0, 0.1) is 0 Å². The van der Waals surface area contributed by atoms with Gasteiger partial charge in [0.2, 0.25) is 0 Å². The maximum absolute atomic E-state index is 13.1. The third-order valence-electron chi connectivity index (χ3n) is 6.91. The molecule has 3 aliphatic rings. The Bertz CT molecular complexity index is 1130. The van der Waals surface area contributed by atoms with Crippen LogP contribution in [0.5, 0.6) is 5.75 Å². The monoisotopic (exact) mass is 450 g/mol. The lowest BCUT2D eigenvalue weighted by molar-refractivity contribution is -0.124. The normalized spacial score (nSPS) is 23.8. The summed E-state index contributed by atoms with van der Waals surface area (Å²) < 4.78 is 5.23. The zero-order chi connectivity index (χ0) is 23.2. The number of benzene rings is 2. The summed E-state index contributed by atoms with van der Waals surface area (Å²) >= 11 is 0. The summed E-state index contributed by atoms with van der Waals surface area (Å²) in [6.45, 7) is 1.76. The molecule has 2 fully saturated rings.